The Morgan fingerprint density at radius 1 is 1.26 bits per heavy atom. The third kappa shape index (κ3) is 4.31. The number of carbonyl (C=O) groups excluding carboxylic acids is 1. The average Bonchev–Trinajstić information content (AvgIpc) is 2.98. The van der Waals surface area contributed by atoms with Crippen molar-refractivity contribution < 1.29 is 14.4 Å². The molecule has 0 aliphatic carbocycles. The van der Waals surface area contributed by atoms with Crippen LogP contribution in [-0.2, 0) is 9.57 Å². The maximum atomic E-state index is 11.3. The largest absolute Gasteiger partial charge is 0.448 e. The summed E-state index contributed by atoms with van der Waals surface area (Å²) in [6, 6.07) is 0. The molecule has 0 spiro atoms. The lowest BCUT2D eigenvalue weighted by atomic mass is 10.1. The Kier molecular flexibility index (Phi) is 5.27. The summed E-state index contributed by atoms with van der Waals surface area (Å²) in [7, 11) is 0. The first kappa shape index (κ1) is 16.0. The van der Waals surface area contributed by atoms with Gasteiger partial charge in [0.1, 0.15) is 13.2 Å². The fraction of sp³-hybridized carbons (Fsp3) is 0.571. The summed E-state index contributed by atoms with van der Waals surface area (Å²) in [6.07, 6.45) is 4.87. The molecule has 0 saturated carbocycles. The van der Waals surface area contributed by atoms with Gasteiger partial charge in [-0.25, -0.2) is 14.8 Å². The number of anilines is 1. The molecule has 1 aromatic heterocycles. The zero-order chi connectivity index (χ0) is 16.1. The summed E-state index contributed by atoms with van der Waals surface area (Å²) in [5.74, 6) is 0.737. The van der Waals surface area contributed by atoms with Crippen LogP contribution in [0.4, 0.5) is 10.7 Å². The molecule has 8 nitrogen and oxygen atoms in total. The van der Waals surface area contributed by atoms with Crippen molar-refractivity contribution in [3.05, 3.63) is 16.9 Å². The van der Waals surface area contributed by atoms with Gasteiger partial charge in [-0.2, -0.15) is 0 Å². The third-order valence-electron chi connectivity index (χ3n) is 3.72. The Morgan fingerprint density at radius 2 is 2.00 bits per heavy atom. The van der Waals surface area contributed by atoms with Gasteiger partial charge < -0.3 is 19.4 Å². The van der Waals surface area contributed by atoms with E-state index in [2.05, 4.69) is 36.0 Å². The minimum absolute atomic E-state index is 0.274. The normalized spacial score (nSPS) is 18.1. The molecule has 3 rings (SSSR count). The number of hydrogen-bond acceptors (Lipinski definition) is 7. The van der Waals surface area contributed by atoms with Gasteiger partial charge in [0, 0.05) is 38.3 Å². The molecular weight excluding hydrogens is 366 g/mol. The van der Waals surface area contributed by atoms with Crippen LogP contribution in [0.2, 0.25) is 0 Å². The number of ether oxygens (including phenoxy) is 1. The fourth-order valence-corrected chi connectivity index (χ4v) is 2.65. The van der Waals surface area contributed by atoms with E-state index in [9.17, 15) is 4.79 Å². The van der Waals surface area contributed by atoms with E-state index in [1.165, 1.54) is 0 Å². The molecular formula is C14H18BrN5O3. The minimum Gasteiger partial charge on any atom is -0.448 e. The van der Waals surface area contributed by atoms with Crippen LogP contribution in [0.1, 0.15) is 12.8 Å². The summed E-state index contributed by atoms with van der Waals surface area (Å²) in [5, 5.41) is 4.17. The minimum atomic E-state index is -0.274. The second kappa shape index (κ2) is 7.58. The maximum Gasteiger partial charge on any atom is 0.410 e. The number of aromatic nitrogens is 2. The Hall–Kier alpha value is -1.90. The monoisotopic (exact) mass is 383 g/mol. The molecule has 23 heavy (non-hydrogen) atoms. The Morgan fingerprint density at radius 3 is 2.65 bits per heavy atom. The van der Waals surface area contributed by atoms with Gasteiger partial charge in [-0.05, 0) is 15.9 Å². The van der Waals surface area contributed by atoms with E-state index in [1.54, 1.807) is 17.3 Å². The van der Waals surface area contributed by atoms with Crippen molar-refractivity contribution in [2.75, 3.05) is 44.3 Å². The predicted molar refractivity (Wildman–Crippen MR) is 87.5 cm³/mol. The van der Waals surface area contributed by atoms with Crippen LogP contribution in [0.15, 0.2) is 22.0 Å². The van der Waals surface area contributed by atoms with E-state index in [0.717, 1.165) is 42.1 Å². The first-order chi connectivity index (χ1) is 11.2. The van der Waals surface area contributed by atoms with Crippen LogP contribution in [0.5, 0.6) is 0 Å². The van der Waals surface area contributed by atoms with Crippen molar-refractivity contribution in [3.8, 4) is 0 Å². The number of carbonyl (C=O) groups is 1. The van der Waals surface area contributed by atoms with E-state index in [0.29, 0.717) is 26.3 Å². The van der Waals surface area contributed by atoms with Crippen LogP contribution in [0.25, 0.3) is 0 Å². The van der Waals surface area contributed by atoms with Crippen molar-refractivity contribution in [3.63, 3.8) is 0 Å². The second-order valence-corrected chi connectivity index (χ2v) is 6.20. The highest BCUT2D eigenvalue weighted by Crippen LogP contribution is 2.16. The summed E-state index contributed by atoms with van der Waals surface area (Å²) in [4.78, 5) is 28.9. The van der Waals surface area contributed by atoms with Gasteiger partial charge >= 0.3 is 6.09 Å². The predicted octanol–water partition coefficient (Wildman–Crippen LogP) is 1.66. The molecule has 1 aromatic rings. The number of piperidine rings is 1. The molecule has 0 unspecified atom stereocenters. The Labute approximate surface area is 142 Å². The van der Waals surface area contributed by atoms with Crippen LogP contribution in [-0.4, -0.2) is 66.1 Å². The molecule has 0 N–H and O–H groups in total. The number of amides is 1. The third-order valence-corrected chi connectivity index (χ3v) is 4.13. The number of hydrogen-bond donors (Lipinski definition) is 0. The summed E-state index contributed by atoms with van der Waals surface area (Å²) in [6.45, 7) is 3.62. The number of cyclic esters (lactones) is 1. The van der Waals surface area contributed by atoms with Crippen molar-refractivity contribution >= 4 is 33.7 Å². The second-order valence-electron chi connectivity index (χ2n) is 5.28. The van der Waals surface area contributed by atoms with Crippen LogP contribution in [0, 0.1) is 0 Å². The molecule has 2 saturated heterocycles. The van der Waals surface area contributed by atoms with Gasteiger partial charge in [-0.3, -0.25) is 0 Å². The van der Waals surface area contributed by atoms with Crippen molar-refractivity contribution in [1.82, 2.24) is 14.9 Å². The quantitative estimate of drug-likeness (QED) is 0.568. The fourth-order valence-electron chi connectivity index (χ4n) is 2.44. The van der Waals surface area contributed by atoms with E-state index in [-0.39, 0.29) is 6.09 Å². The highest BCUT2D eigenvalue weighted by Gasteiger charge is 2.21. The molecule has 0 atom stereocenters. The Bertz CT molecular complexity index is 570. The van der Waals surface area contributed by atoms with Gasteiger partial charge in [0.05, 0.1) is 23.3 Å². The molecule has 0 radical (unpaired) electrons. The van der Waals surface area contributed by atoms with E-state index in [4.69, 9.17) is 9.57 Å². The van der Waals surface area contributed by atoms with Crippen LogP contribution < -0.4 is 4.90 Å². The number of rotatable bonds is 5. The lowest BCUT2D eigenvalue weighted by molar-refractivity contribution is 0.114. The van der Waals surface area contributed by atoms with E-state index in [1.807, 2.05) is 0 Å². The summed E-state index contributed by atoms with van der Waals surface area (Å²) < 4.78 is 5.72. The molecule has 0 bridgehead atoms. The lowest BCUT2D eigenvalue weighted by Crippen LogP contribution is -2.35. The summed E-state index contributed by atoms with van der Waals surface area (Å²) >= 11 is 3.33. The topological polar surface area (TPSA) is 80.1 Å². The molecule has 2 aliphatic rings. The van der Waals surface area contributed by atoms with Crippen LogP contribution >= 0.6 is 15.9 Å². The zero-order valence-corrected chi connectivity index (χ0v) is 14.2. The van der Waals surface area contributed by atoms with Gasteiger partial charge in [-0.1, -0.05) is 5.16 Å². The van der Waals surface area contributed by atoms with Crippen molar-refractivity contribution in [1.29, 1.82) is 0 Å². The molecule has 3 heterocycles. The van der Waals surface area contributed by atoms with Gasteiger partial charge in [0.25, 0.3) is 0 Å². The van der Waals surface area contributed by atoms with Gasteiger partial charge in [0.2, 0.25) is 5.95 Å². The average molecular weight is 384 g/mol. The molecule has 2 aliphatic heterocycles. The number of halogens is 1. The van der Waals surface area contributed by atoms with Gasteiger partial charge in [-0.15, -0.1) is 0 Å². The smallest absolute Gasteiger partial charge is 0.410 e. The molecule has 1 amide bonds. The SMILES string of the molecule is O=C1OCCN1CCON=C1CCN(c2ncc(Br)cn2)CC1. The number of oxime groups is 1. The molecule has 9 heteroatoms. The first-order valence-electron chi connectivity index (χ1n) is 7.54. The first-order valence-corrected chi connectivity index (χ1v) is 8.33. The number of nitrogens with zero attached hydrogens (tertiary/aromatic N) is 5. The highest BCUT2D eigenvalue weighted by atomic mass is 79.9. The van der Waals surface area contributed by atoms with E-state index >= 15 is 0 Å². The molecule has 0 aromatic carbocycles. The molecule has 2 fully saturated rings. The van der Waals surface area contributed by atoms with Gasteiger partial charge in [0.15, 0.2) is 0 Å². The maximum absolute atomic E-state index is 11.3. The van der Waals surface area contributed by atoms with E-state index < -0.39 is 0 Å². The molecule has 124 valence electrons. The summed E-state index contributed by atoms with van der Waals surface area (Å²) in [5.41, 5.74) is 1.03. The zero-order valence-electron chi connectivity index (χ0n) is 12.7. The van der Waals surface area contributed by atoms with Crippen LogP contribution in [0.3, 0.4) is 0 Å². The van der Waals surface area contributed by atoms with Crippen molar-refractivity contribution in [2.45, 2.75) is 12.8 Å². The highest BCUT2D eigenvalue weighted by molar-refractivity contribution is 9.10. The van der Waals surface area contributed by atoms with Crippen molar-refractivity contribution in [2.24, 2.45) is 5.16 Å². The standard InChI is InChI=1S/C14H18BrN5O3/c15-11-9-16-13(17-10-11)19-3-1-12(2-4-19)18-23-8-6-20-5-7-22-14(20)21/h9-10H,1-8H2. The Balaban J connectivity index is 1.40. The lowest BCUT2D eigenvalue weighted by Gasteiger charge is -2.27.